The number of rotatable bonds is 8. The Balaban J connectivity index is 1.30. The molecular weight excluding hydrogens is 398 g/mol. The Hall–Kier alpha value is -2.64. The fraction of sp³-hybridized carbons (Fsp3) is 0.391. The molecule has 1 aromatic heterocycles. The third-order valence-corrected chi connectivity index (χ3v) is 6.63. The van der Waals surface area contributed by atoms with Gasteiger partial charge in [-0.1, -0.05) is 24.3 Å². The largest absolute Gasteiger partial charge is 0.493 e. The number of benzene rings is 2. The highest BCUT2D eigenvalue weighted by Crippen LogP contribution is 2.28. The van der Waals surface area contributed by atoms with Gasteiger partial charge in [0.05, 0.1) is 30.4 Å². The van der Waals surface area contributed by atoms with Crippen molar-refractivity contribution in [3.05, 3.63) is 53.5 Å². The molecule has 4 rings (SSSR count). The summed E-state index contributed by atoms with van der Waals surface area (Å²) in [7, 11) is 1.62. The highest BCUT2D eigenvalue weighted by molar-refractivity contribution is 7.18. The van der Waals surface area contributed by atoms with E-state index in [1.54, 1.807) is 18.4 Å². The standard InChI is InChI=1S/C23H27N3O3S/c1-28-19-10-3-4-11-20(19)29-15-13-24-22(27)16-26-14-7-6-9-18(26)23-25-17-8-2-5-12-21(17)30-23/h2-5,8,10-12,18H,6-7,9,13-16H2,1H3,(H,24,27)/p+1/t18-/m1/s1. The Bertz CT molecular complexity index is 957. The zero-order chi connectivity index (χ0) is 20.8. The van der Waals surface area contributed by atoms with Crippen molar-refractivity contribution >= 4 is 27.5 Å². The quantitative estimate of drug-likeness (QED) is 0.544. The third kappa shape index (κ3) is 4.91. The zero-order valence-electron chi connectivity index (χ0n) is 17.2. The fourth-order valence-electron chi connectivity index (χ4n) is 3.99. The van der Waals surface area contributed by atoms with E-state index in [1.807, 2.05) is 30.3 Å². The summed E-state index contributed by atoms with van der Waals surface area (Å²) in [6.45, 7) is 2.35. The molecule has 2 heterocycles. The van der Waals surface area contributed by atoms with Crippen molar-refractivity contribution in [1.29, 1.82) is 0 Å². The van der Waals surface area contributed by atoms with E-state index in [1.165, 1.54) is 16.0 Å². The number of nitrogens with zero attached hydrogens (tertiary/aromatic N) is 1. The summed E-state index contributed by atoms with van der Waals surface area (Å²) in [6, 6.07) is 16.1. The van der Waals surface area contributed by atoms with Crippen LogP contribution in [0.2, 0.25) is 0 Å². The molecule has 1 aliphatic heterocycles. The van der Waals surface area contributed by atoms with Crippen LogP contribution in [-0.2, 0) is 4.79 Å². The number of aromatic nitrogens is 1. The van der Waals surface area contributed by atoms with Crippen LogP contribution >= 0.6 is 11.3 Å². The first-order valence-electron chi connectivity index (χ1n) is 10.5. The molecule has 1 aliphatic rings. The monoisotopic (exact) mass is 426 g/mol. The van der Waals surface area contributed by atoms with Crippen LogP contribution in [0.4, 0.5) is 0 Å². The highest BCUT2D eigenvalue weighted by Gasteiger charge is 2.31. The predicted octanol–water partition coefficient (Wildman–Crippen LogP) is 2.61. The molecule has 2 aromatic carbocycles. The second-order valence-corrected chi connectivity index (χ2v) is 8.56. The lowest BCUT2D eigenvalue weighted by molar-refractivity contribution is -0.929. The van der Waals surface area contributed by atoms with Gasteiger partial charge in [-0.25, -0.2) is 4.98 Å². The first-order valence-corrected chi connectivity index (χ1v) is 11.3. The topological polar surface area (TPSA) is 64.9 Å². The van der Waals surface area contributed by atoms with E-state index in [-0.39, 0.29) is 5.91 Å². The summed E-state index contributed by atoms with van der Waals surface area (Å²) < 4.78 is 12.2. The van der Waals surface area contributed by atoms with E-state index < -0.39 is 0 Å². The fourth-order valence-corrected chi connectivity index (χ4v) is 5.15. The van der Waals surface area contributed by atoms with Crippen LogP contribution in [0.25, 0.3) is 10.2 Å². The summed E-state index contributed by atoms with van der Waals surface area (Å²) in [6.07, 6.45) is 3.43. The summed E-state index contributed by atoms with van der Waals surface area (Å²) in [4.78, 5) is 18.7. The number of hydrogen-bond donors (Lipinski definition) is 2. The summed E-state index contributed by atoms with van der Waals surface area (Å²) in [5, 5.41) is 4.14. The normalized spacial score (nSPS) is 18.8. The molecule has 1 saturated heterocycles. The Morgan fingerprint density at radius 2 is 1.97 bits per heavy atom. The summed E-state index contributed by atoms with van der Waals surface area (Å²) in [5.41, 5.74) is 1.06. The Morgan fingerprint density at radius 1 is 1.17 bits per heavy atom. The van der Waals surface area contributed by atoms with Crippen LogP contribution in [0, 0.1) is 0 Å². The molecule has 7 heteroatoms. The van der Waals surface area contributed by atoms with Crippen molar-refractivity contribution in [3.63, 3.8) is 0 Å². The van der Waals surface area contributed by atoms with E-state index in [9.17, 15) is 4.79 Å². The maximum atomic E-state index is 12.6. The minimum Gasteiger partial charge on any atom is -0.493 e. The van der Waals surface area contributed by atoms with Gasteiger partial charge in [-0.2, -0.15) is 0 Å². The van der Waals surface area contributed by atoms with Crippen molar-refractivity contribution in [2.24, 2.45) is 0 Å². The van der Waals surface area contributed by atoms with Crippen molar-refractivity contribution in [1.82, 2.24) is 10.3 Å². The van der Waals surface area contributed by atoms with Gasteiger partial charge in [0.25, 0.3) is 5.91 Å². The molecule has 0 radical (unpaired) electrons. The number of para-hydroxylation sites is 3. The van der Waals surface area contributed by atoms with Gasteiger partial charge in [0.2, 0.25) is 0 Å². The first-order chi connectivity index (χ1) is 14.7. The summed E-state index contributed by atoms with van der Waals surface area (Å²) in [5.74, 6) is 1.44. The lowest BCUT2D eigenvalue weighted by Gasteiger charge is -2.30. The maximum absolute atomic E-state index is 12.6. The van der Waals surface area contributed by atoms with Crippen LogP contribution < -0.4 is 19.7 Å². The molecule has 2 atom stereocenters. The number of hydrogen-bond acceptors (Lipinski definition) is 5. The molecule has 0 spiro atoms. The minimum absolute atomic E-state index is 0.0571. The summed E-state index contributed by atoms with van der Waals surface area (Å²) >= 11 is 1.76. The molecule has 30 heavy (non-hydrogen) atoms. The number of piperidine rings is 1. The number of amides is 1. The van der Waals surface area contributed by atoms with Crippen molar-refractivity contribution in [2.75, 3.05) is 33.4 Å². The number of methoxy groups -OCH3 is 1. The molecule has 2 N–H and O–H groups in total. The maximum Gasteiger partial charge on any atom is 0.275 e. The average molecular weight is 427 g/mol. The van der Waals surface area contributed by atoms with Crippen LogP contribution in [0.1, 0.15) is 30.3 Å². The Morgan fingerprint density at radius 3 is 2.80 bits per heavy atom. The van der Waals surface area contributed by atoms with E-state index in [4.69, 9.17) is 14.5 Å². The minimum atomic E-state index is 0.0571. The number of nitrogens with one attached hydrogen (secondary N) is 2. The number of quaternary nitrogens is 1. The molecular formula is C23H28N3O3S+. The number of carbonyl (C=O) groups excluding carboxylic acids is 1. The average Bonchev–Trinajstić information content (AvgIpc) is 3.21. The molecule has 3 aromatic rings. The number of thiazole rings is 1. The van der Waals surface area contributed by atoms with E-state index in [0.29, 0.717) is 37.2 Å². The Labute approximate surface area is 180 Å². The molecule has 1 unspecified atom stereocenters. The second-order valence-electron chi connectivity index (χ2n) is 7.50. The molecule has 158 valence electrons. The number of ether oxygens (including phenoxy) is 2. The molecule has 0 aliphatic carbocycles. The van der Waals surface area contributed by atoms with Crippen LogP contribution in [0.15, 0.2) is 48.5 Å². The van der Waals surface area contributed by atoms with Crippen molar-refractivity contribution in [3.8, 4) is 11.5 Å². The van der Waals surface area contributed by atoms with Gasteiger partial charge in [0, 0.05) is 6.42 Å². The van der Waals surface area contributed by atoms with Gasteiger partial charge >= 0.3 is 0 Å². The number of carbonyl (C=O) groups is 1. The van der Waals surface area contributed by atoms with Gasteiger partial charge in [0.15, 0.2) is 23.1 Å². The molecule has 0 saturated carbocycles. The number of likely N-dealkylation sites (tertiary alicyclic amines) is 1. The highest BCUT2D eigenvalue weighted by atomic mass is 32.1. The zero-order valence-corrected chi connectivity index (χ0v) is 18.0. The lowest BCUT2D eigenvalue weighted by Crippen LogP contribution is -3.14. The van der Waals surface area contributed by atoms with E-state index >= 15 is 0 Å². The second kappa shape index (κ2) is 9.91. The van der Waals surface area contributed by atoms with E-state index in [2.05, 4.69) is 23.5 Å². The molecule has 1 fully saturated rings. The molecule has 1 amide bonds. The smallest absolute Gasteiger partial charge is 0.275 e. The third-order valence-electron chi connectivity index (χ3n) is 5.48. The van der Waals surface area contributed by atoms with Crippen LogP contribution in [-0.4, -0.2) is 44.2 Å². The Kier molecular flexibility index (Phi) is 6.81. The van der Waals surface area contributed by atoms with Gasteiger partial charge in [-0.3, -0.25) is 4.79 Å². The lowest BCUT2D eigenvalue weighted by atomic mass is 10.0. The van der Waals surface area contributed by atoms with Gasteiger partial charge in [-0.15, -0.1) is 11.3 Å². The SMILES string of the molecule is COc1ccccc1OCCNC(=O)C[NH+]1CCCC[C@@H]1c1nc2ccccc2s1. The first kappa shape index (κ1) is 20.6. The molecule has 6 nitrogen and oxygen atoms in total. The van der Waals surface area contributed by atoms with Crippen LogP contribution in [0.3, 0.4) is 0 Å². The van der Waals surface area contributed by atoms with Crippen LogP contribution in [0.5, 0.6) is 11.5 Å². The van der Waals surface area contributed by atoms with E-state index in [0.717, 1.165) is 29.9 Å². The molecule has 0 bridgehead atoms. The number of fused-ring (bicyclic) bond motifs is 1. The van der Waals surface area contributed by atoms with Crippen molar-refractivity contribution < 1.29 is 19.2 Å². The van der Waals surface area contributed by atoms with Gasteiger partial charge in [-0.05, 0) is 37.1 Å². The van der Waals surface area contributed by atoms with Gasteiger partial charge < -0.3 is 19.7 Å². The predicted molar refractivity (Wildman–Crippen MR) is 118 cm³/mol. The van der Waals surface area contributed by atoms with Gasteiger partial charge in [0.1, 0.15) is 12.6 Å². The van der Waals surface area contributed by atoms with Crippen molar-refractivity contribution in [2.45, 2.75) is 25.3 Å².